The SMILES string of the molecule is O=S1(=O)CCC(O)(C2=CCCO2)c2ccccc21. The van der Waals surface area contributed by atoms with Gasteiger partial charge in [0.1, 0.15) is 11.4 Å². The third kappa shape index (κ3) is 1.58. The lowest BCUT2D eigenvalue weighted by Crippen LogP contribution is -2.37. The fourth-order valence-corrected chi connectivity index (χ4v) is 4.21. The second-order valence-electron chi connectivity index (χ2n) is 4.63. The maximum Gasteiger partial charge on any atom is 0.178 e. The third-order valence-corrected chi connectivity index (χ3v) is 5.28. The molecule has 0 aromatic heterocycles. The second kappa shape index (κ2) is 3.83. The summed E-state index contributed by atoms with van der Waals surface area (Å²) >= 11 is 0. The predicted molar refractivity (Wildman–Crippen MR) is 65.7 cm³/mol. The third-order valence-electron chi connectivity index (χ3n) is 3.51. The summed E-state index contributed by atoms with van der Waals surface area (Å²) < 4.78 is 29.4. The van der Waals surface area contributed by atoms with Crippen molar-refractivity contribution in [2.45, 2.75) is 23.3 Å². The van der Waals surface area contributed by atoms with Gasteiger partial charge in [-0.1, -0.05) is 18.2 Å². The van der Waals surface area contributed by atoms with Gasteiger partial charge in [0.25, 0.3) is 0 Å². The van der Waals surface area contributed by atoms with E-state index in [4.69, 9.17) is 4.74 Å². The Hall–Kier alpha value is -1.33. The minimum Gasteiger partial charge on any atom is -0.494 e. The van der Waals surface area contributed by atoms with Crippen molar-refractivity contribution in [1.82, 2.24) is 0 Å². The summed E-state index contributed by atoms with van der Waals surface area (Å²) in [6.45, 7) is 0.548. The molecular formula is C13H14O4S. The van der Waals surface area contributed by atoms with Gasteiger partial charge in [-0.25, -0.2) is 8.42 Å². The molecule has 1 aromatic rings. The molecule has 1 unspecified atom stereocenters. The number of benzene rings is 1. The molecule has 0 saturated heterocycles. The van der Waals surface area contributed by atoms with Crippen molar-refractivity contribution in [2.75, 3.05) is 12.4 Å². The number of sulfone groups is 1. The van der Waals surface area contributed by atoms with Gasteiger partial charge >= 0.3 is 0 Å². The Bertz CT molecular complexity index is 618. The van der Waals surface area contributed by atoms with Crippen LogP contribution in [0.5, 0.6) is 0 Å². The van der Waals surface area contributed by atoms with Crippen LogP contribution in [0.15, 0.2) is 41.0 Å². The Kier molecular flexibility index (Phi) is 2.50. The first kappa shape index (κ1) is 11.7. The fourth-order valence-electron chi connectivity index (χ4n) is 2.57. The predicted octanol–water partition coefficient (Wildman–Crippen LogP) is 1.36. The lowest BCUT2D eigenvalue weighted by atomic mass is 9.88. The summed E-state index contributed by atoms with van der Waals surface area (Å²) in [4.78, 5) is 0.218. The van der Waals surface area contributed by atoms with Gasteiger partial charge in [0, 0.05) is 18.4 Å². The summed E-state index contributed by atoms with van der Waals surface area (Å²) in [6, 6.07) is 6.62. The maximum atomic E-state index is 12.0. The highest BCUT2D eigenvalue weighted by Gasteiger charge is 2.44. The van der Waals surface area contributed by atoms with E-state index in [0.717, 1.165) is 6.42 Å². The Morgan fingerprint density at radius 2 is 2.06 bits per heavy atom. The Balaban J connectivity index is 2.21. The first-order chi connectivity index (χ1) is 8.54. The first-order valence-corrected chi connectivity index (χ1v) is 7.57. The summed E-state index contributed by atoms with van der Waals surface area (Å²) in [5, 5.41) is 10.8. The zero-order valence-corrected chi connectivity index (χ0v) is 10.6. The molecule has 0 fully saturated rings. The van der Waals surface area contributed by atoms with Crippen molar-refractivity contribution in [3.8, 4) is 0 Å². The van der Waals surface area contributed by atoms with Gasteiger partial charge < -0.3 is 9.84 Å². The van der Waals surface area contributed by atoms with Crippen LogP contribution in [0.25, 0.3) is 0 Å². The van der Waals surface area contributed by atoms with E-state index in [1.165, 1.54) is 0 Å². The fraction of sp³-hybridized carbons (Fsp3) is 0.385. The highest BCUT2D eigenvalue weighted by Crippen LogP contribution is 2.43. The van der Waals surface area contributed by atoms with Crippen LogP contribution in [0.2, 0.25) is 0 Å². The van der Waals surface area contributed by atoms with Crippen LogP contribution in [-0.4, -0.2) is 25.9 Å². The second-order valence-corrected chi connectivity index (χ2v) is 6.71. The molecule has 4 nitrogen and oxygen atoms in total. The molecule has 0 saturated carbocycles. The lowest BCUT2D eigenvalue weighted by molar-refractivity contribution is 0.00880. The van der Waals surface area contributed by atoms with Crippen LogP contribution in [0.1, 0.15) is 18.4 Å². The van der Waals surface area contributed by atoms with E-state index in [1.54, 1.807) is 24.3 Å². The van der Waals surface area contributed by atoms with Crippen molar-refractivity contribution in [3.63, 3.8) is 0 Å². The van der Waals surface area contributed by atoms with Gasteiger partial charge in [-0.2, -0.15) is 0 Å². The number of aliphatic hydroxyl groups is 1. The molecule has 0 amide bonds. The van der Waals surface area contributed by atoms with Crippen molar-refractivity contribution >= 4 is 9.84 Å². The molecule has 5 heteroatoms. The first-order valence-electron chi connectivity index (χ1n) is 5.92. The largest absolute Gasteiger partial charge is 0.494 e. The van der Waals surface area contributed by atoms with Gasteiger partial charge in [0.15, 0.2) is 9.84 Å². The van der Waals surface area contributed by atoms with Gasteiger partial charge in [0.05, 0.1) is 17.3 Å². The highest BCUT2D eigenvalue weighted by molar-refractivity contribution is 7.91. The number of rotatable bonds is 1. The van der Waals surface area contributed by atoms with Crippen LogP contribution < -0.4 is 0 Å². The van der Waals surface area contributed by atoms with Crippen LogP contribution >= 0.6 is 0 Å². The van der Waals surface area contributed by atoms with E-state index in [9.17, 15) is 13.5 Å². The number of ether oxygens (including phenoxy) is 1. The minimum atomic E-state index is -3.29. The maximum absolute atomic E-state index is 12.0. The smallest absolute Gasteiger partial charge is 0.178 e. The Labute approximate surface area is 106 Å². The molecule has 18 heavy (non-hydrogen) atoms. The van der Waals surface area contributed by atoms with Gasteiger partial charge in [0.2, 0.25) is 0 Å². The molecule has 2 aliphatic rings. The minimum absolute atomic E-state index is 0.0544. The zero-order valence-electron chi connectivity index (χ0n) is 9.80. The summed E-state index contributed by atoms with van der Waals surface area (Å²) in [6.07, 6.45) is 2.75. The van der Waals surface area contributed by atoms with E-state index in [1.807, 2.05) is 6.08 Å². The zero-order chi connectivity index (χ0) is 12.8. The summed E-state index contributed by atoms with van der Waals surface area (Å²) in [5.74, 6) is 0.436. The molecule has 2 aliphatic heterocycles. The average Bonchev–Trinajstić information content (AvgIpc) is 2.89. The van der Waals surface area contributed by atoms with Crippen LogP contribution in [-0.2, 0) is 20.2 Å². The molecular weight excluding hydrogens is 252 g/mol. The van der Waals surface area contributed by atoms with Gasteiger partial charge in [-0.15, -0.1) is 0 Å². The topological polar surface area (TPSA) is 63.6 Å². The molecule has 0 spiro atoms. The van der Waals surface area contributed by atoms with Crippen molar-refractivity contribution in [2.24, 2.45) is 0 Å². The quantitative estimate of drug-likeness (QED) is 0.833. The lowest BCUT2D eigenvalue weighted by Gasteiger charge is -2.34. The molecule has 0 bridgehead atoms. The molecule has 3 rings (SSSR count). The number of hydrogen-bond acceptors (Lipinski definition) is 4. The Morgan fingerprint density at radius 3 is 2.78 bits per heavy atom. The van der Waals surface area contributed by atoms with Crippen molar-refractivity contribution in [3.05, 3.63) is 41.7 Å². The monoisotopic (exact) mass is 266 g/mol. The van der Waals surface area contributed by atoms with Crippen LogP contribution in [0.3, 0.4) is 0 Å². The Morgan fingerprint density at radius 1 is 1.28 bits per heavy atom. The van der Waals surface area contributed by atoms with E-state index in [2.05, 4.69) is 0 Å². The highest BCUT2D eigenvalue weighted by atomic mass is 32.2. The van der Waals surface area contributed by atoms with Crippen LogP contribution in [0.4, 0.5) is 0 Å². The summed E-state index contributed by atoms with van der Waals surface area (Å²) in [5.41, 5.74) is -0.859. The van der Waals surface area contributed by atoms with E-state index in [0.29, 0.717) is 17.9 Å². The number of hydrogen-bond donors (Lipinski definition) is 1. The standard InChI is InChI=1S/C13H14O4S/c14-13(12-6-3-8-17-12)7-9-18(15,16)11-5-2-1-4-10(11)13/h1-2,4-6,14H,3,7-9H2. The van der Waals surface area contributed by atoms with Crippen molar-refractivity contribution in [1.29, 1.82) is 0 Å². The molecule has 2 heterocycles. The average molecular weight is 266 g/mol. The van der Waals surface area contributed by atoms with Gasteiger partial charge in [-0.3, -0.25) is 0 Å². The molecule has 1 N–H and O–H groups in total. The van der Waals surface area contributed by atoms with E-state index < -0.39 is 15.4 Å². The van der Waals surface area contributed by atoms with E-state index >= 15 is 0 Å². The van der Waals surface area contributed by atoms with Gasteiger partial charge in [-0.05, 0) is 12.1 Å². The molecule has 0 radical (unpaired) electrons. The molecule has 0 aliphatic carbocycles. The molecule has 1 atom stereocenters. The molecule has 1 aromatic carbocycles. The molecule has 96 valence electrons. The van der Waals surface area contributed by atoms with E-state index in [-0.39, 0.29) is 17.1 Å². The normalized spacial score (nSPS) is 29.3. The van der Waals surface area contributed by atoms with Crippen LogP contribution in [0, 0.1) is 0 Å². The summed E-state index contributed by atoms with van der Waals surface area (Å²) in [7, 11) is -3.29. The van der Waals surface area contributed by atoms with Crippen molar-refractivity contribution < 1.29 is 18.3 Å². The number of fused-ring (bicyclic) bond motifs is 1.